The van der Waals surface area contributed by atoms with Gasteiger partial charge in [0.05, 0.1) is 0 Å². The third kappa shape index (κ3) is 5.84. The van der Waals surface area contributed by atoms with Gasteiger partial charge in [0, 0.05) is 39.4 Å². The molecule has 1 saturated heterocycles. The Balaban J connectivity index is 2.07. The van der Waals surface area contributed by atoms with Gasteiger partial charge in [0.15, 0.2) is 0 Å². The Hall–Kier alpha value is -0.120. The fraction of sp³-hybridized carbons (Fsp3) is 1.00. The lowest BCUT2D eigenvalue weighted by Crippen LogP contribution is -2.44. The smallest absolute Gasteiger partial charge is 0.0474 e. The van der Waals surface area contributed by atoms with Crippen molar-refractivity contribution in [1.82, 2.24) is 10.2 Å². The average Bonchev–Trinajstić information content (AvgIpc) is 2.35. The second-order valence-electron chi connectivity index (χ2n) is 5.29. The van der Waals surface area contributed by atoms with E-state index in [1.54, 1.807) is 7.11 Å². The molecular formula is C14H30N2O. The van der Waals surface area contributed by atoms with Crippen molar-refractivity contribution < 1.29 is 4.74 Å². The molecule has 17 heavy (non-hydrogen) atoms. The van der Waals surface area contributed by atoms with Gasteiger partial charge in [-0.25, -0.2) is 0 Å². The summed E-state index contributed by atoms with van der Waals surface area (Å²) in [6.45, 7) is 10.3. The summed E-state index contributed by atoms with van der Waals surface area (Å²) >= 11 is 0. The van der Waals surface area contributed by atoms with E-state index in [9.17, 15) is 0 Å². The van der Waals surface area contributed by atoms with E-state index in [4.69, 9.17) is 4.74 Å². The lowest BCUT2D eigenvalue weighted by atomic mass is 9.91. The number of rotatable bonds is 8. The molecule has 0 amide bonds. The minimum atomic E-state index is 0.776. The number of methoxy groups -OCH3 is 1. The van der Waals surface area contributed by atoms with Crippen LogP contribution in [0.4, 0.5) is 0 Å². The first-order valence-electron chi connectivity index (χ1n) is 7.21. The van der Waals surface area contributed by atoms with Crippen LogP contribution in [0.5, 0.6) is 0 Å². The topological polar surface area (TPSA) is 24.5 Å². The Morgan fingerprint density at radius 2 is 2.12 bits per heavy atom. The average molecular weight is 242 g/mol. The molecule has 1 rings (SSSR count). The number of ether oxygens (including phenoxy) is 1. The zero-order valence-electron chi connectivity index (χ0n) is 11.9. The van der Waals surface area contributed by atoms with E-state index >= 15 is 0 Å². The Morgan fingerprint density at radius 3 is 2.82 bits per heavy atom. The van der Waals surface area contributed by atoms with Crippen LogP contribution in [0.15, 0.2) is 0 Å². The Kier molecular flexibility index (Phi) is 7.82. The molecule has 3 heteroatoms. The molecule has 0 bridgehead atoms. The summed E-state index contributed by atoms with van der Waals surface area (Å²) in [5.74, 6) is 0.930. The lowest BCUT2D eigenvalue weighted by molar-refractivity contribution is 0.116. The largest absolute Gasteiger partial charge is 0.385 e. The minimum Gasteiger partial charge on any atom is -0.385 e. The van der Waals surface area contributed by atoms with Gasteiger partial charge in [-0.2, -0.15) is 0 Å². The fourth-order valence-corrected chi connectivity index (χ4v) is 2.60. The highest BCUT2D eigenvalue weighted by atomic mass is 16.5. The van der Waals surface area contributed by atoms with E-state index in [1.807, 2.05) is 0 Å². The first kappa shape index (κ1) is 14.9. The molecular weight excluding hydrogens is 212 g/mol. The summed E-state index contributed by atoms with van der Waals surface area (Å²) < 4.78 is 5.03. The molecule has 0 aliphatic carbocycles. The van der Waals surface area contributed by atoms with Gasteiger partial charge in [-0.05, 0) is 38.6 Å². The molecule has 102 valence electrons. The molecule has 0 aromatic rings. The number of likely N-dealkylation sites (tertiary alicyclic amines) is 1. The zero-order chi connectivity index (χ0) is 12.5. The maximum atomic E-state index is 5.03. The Morgan fingerprint density at radius 1 is 1.29 bits per heavy atom. The maximum Gasteiger partial charge on any atom is 0.0474 e. The van der Waals surface area contributed by atoms with Gasteiger partial charge in [0.1, 0.15) is 0 Å². The third-order valence-corrected chi connectivity index (χ3v) is 3.96. The van der Waals surface area contributed by atoms with Crippen molar-refractivity contribution in [2.45, 2.75) is 45.6 Å². The van der Waals surface area contributed by atoms with Crippen LogP contribution >= 0.6 is 0 Å². The van der Waals surface area contributed by atoms with Gasteiger partial charge in [-0.1, -0.05) is 13.3 Å². The highest BCUT2D eigenvalue weighted by Crippen LogP contribution is 2.23. The molecule has 1 N–H and O–H groups in total. The van der Waals surface area contributed by atoms with Gasteiger partial charge < -0.3 is 10.1 Å². The van der Waals surface area contributed by atoms with E-state index < -0.39 is 0 Å². The van der Waals surface area contributed by atoms with Crippen molar-refractivity contribution in [2.24, 2.45) is 5.92 Å². The molecule has 1 heterocycles. The van der Waals surface area contributed by atoms with Gasteiger partial charge in [0.25, 0.3) is 0 Å². The summed E-state index contributed by atoms with van der Waals surface area (Å²) in [6, 6.07) is 0.776. The SMILES string of the molecule is CCC1CCC(C)N(CCNCCCOC)C1. The van der Waals surface area contributed by atoms with Crippen LogP contribution in [0.2, 0.25) is 0 Å². The second kappa shape index (κ2) is 8.90. The summed E-state index contributed by atoms with van der Waals surface area (Å²) in [7, 11) is 1.76. The van der Waals surface area contributed by atoms with Crippen molar-refractivity contribution in [3.05, 3.63) is 0 Å². The summed E-state index contributed by atoms with van der Waals surface area (Å²) in [5, 5.41) is 3.50. The normalized spacial score (nSPS) is 26.3. The van der Waals surface area contributed by atoms with E-state index in [0.717, 1.165) is 38.1 Å². The highest BCUT2D eigenvalue weighted by molar-refractivity contribution is 4.78. The van der Waals surface area contributed by atoms with Crippen molar-refractivity contribution in [2.75, 3.05) is 39.9 Å². The van der Waals surface area contributed by atoms with E-state index in [2.05, 4.69) is 24.1 Å². The highest BCUT2D eigenvalue weighted by Gasteiger charge is 2.23. The molecule has 1 aliphatic heterocycles. The molecule has 2 atom stereocenters. The predicted octanol–water partition coefficient (Wildman–Crippen LogP) is 2.12. The molecule has 0 aromatic heterocycles. The van der Waals surface area contributed by atoms with Crippen molar-refractivity contribution >= 4 is 0 Å². The summed E-state index contributed by atoms with van der Waals surface area (Å²) in [4.78, 5) is 2.65. The minimum absolute atomic E-state index is 0.776. The number of nitrogens with one attached hydrogen (secondary N) is 1. The maximum absolute atomic E-state index is 5.03. The molecule has 1 aliphatic rings. The molecule has 0 aromatic carbocycles. The quantitative estimate of drug-likeness (QED) is 0.660. The predicted molar refractivity (Wildman–Crippen MR) is 73.4 cm³/mol. The van der Waals surface area contributed by atoms with Gasteiger partial charge >= 0.3 is 0 Å². The van der Waals surface area contributed by atoms with E-state index in [0.29, 0.717) is 0 Å². The number of hydrogen-bond donors (Lipinski definition) is 1. The lowest BCUT2D eigenvalue weighted by Gasteiger charge is -2.37. The van der Waals surface area contributed by atoms with E-state index in [-0.39, 0.29) is 0 Å². The number of hydrogen-bond acceptors (Lipinski definition) is 3. The molecule has 2 unspecified atom stereocenters. The molecule has 0 saturated carbocycles. The van der Waals surface area contributed by atoms with Gasteiger partial charge in [-0.15, -0.1) is 0 Å². The fourth-order valence-electron chi connectivity index (χ4n) is 2.60. The Bertz CT molecular complexity index is 187. The summed E-state index contributed by atoms with van der Waals surface area (Å²) in [5.41, 5.74) is 0. The zero-order valence-corrected chi connectivity index (χ0v) is 11.9. The molecule has 0 radical (unpaired) electrons. The number of piperidine rings is 1. The monoisotopic (exact) mass is 242 g/mol. The molecule has 0 spiro atoms. The first-order valence-corrected chi connectivity index (χ1v) is 7.21. The second-order valence-corrected chi connectivity index (χ2v) is 5.29. The van der Waals surface area contributed by atoms with Gasteiger partial charge in [0.2, 0.25) is 0 Å². The van der Waals surface area contributed by atoms with Crippen LogP contribution in [-0.4, -0.2) is 50.8 Å². The van der Waals surface area contributed by atoms with Crippen LogP contribution < -0.4 is 5.32 Å². The third-order valence-electron chi connectivity index (χ3n) is 3.96. The van der Waals surface area contributed by atoms with Crippen molar-refractivity contribution in [3.8, 4) is 0 Å². The molecule has 1 fully saturated rings. The summed E-state index contributed by atoms with van der Waals surface area (Å²) in [6.07, 6.45) is 5.26. The standard InChI is InChI=1S/C14H30N2O/c1-4-14-7-6-13(2)16(12-14)10-9-15-8-5-11-17-3/h13-15H,4-12H2,1-3H3. The van der Waals surface area contributed by atoms with Crippen molar-refractivity contribution in [1.29, 1.82) is 0 Å². The van der Waals surface area contributed by atoms with Crippen LogP contribution in [-0.2, 0) is 4.74 Å². The van der Waals surface area contributed by atoms with E-state index in [1.165, 1.54) is 32.4 Å². The van der Waals surface area contributed by atoms with Crippen molar-refractivity contribution in [3.63, 3.8) is 0 Å². The first-order chi connectivity index (χ1) is 8.27. The molecule has 3 nitrogen and oxygen atoms in total. The van der Waals surface area contributed by atoms with Crippen LogP contribution in [0.3, 0.4) is 0 Å². The van der Waals surface area contributed by atoms with Gasteiger partial charge in [-0.3, -0.25) is 4.90 Å². The Labute approximate surface area is 107 Å². The van der Waals surface area contributed by atoms with Crippen LogP contribution in [0, 0.1) is 5.92 Å². The number of nitrogens with zero attached hydrogens (tertiary/aromatic N) is 1. The van der Waals surface area contributed by atoms with Crippen LogP contribution in [0.1, 0.15) is 39.5 Å². The van der Waals surface area contributed by atoms with Crippen LogP contribution in [0.25, 0.3) is 0 Å².